The number of nitrogens with zero attached hydrogens (tertiary/aromatic N) is 4. The van der Waals surface area contributed by atoms with E-state index in [9.17, 15) is 4.79 Å². The van der Waals surface area contributed by atoms with Crippen LogP contribution in [-0.4, -0.2) is 31.4 Å². The molecule has 2 aromatic heterocycles. The summed E-state index contributed by atoms with van der Waals surface area (Å²) in [6, 6.07) is 4.27. The molecule has 1 aliphatic rings. The normalized spacial score (nSPS) is 13.1. The number of rotatable bonds is 8. The van der Waals surface area contributed by atoms with Crippen LogP contribution in [0, 0.1) is 6.92 Å². The quantitative estimate of drug-likeness (QED) is 0.524. The van der Waals surface area contributed by atoms with Gasteiger partial charge < -0.3 is 14.6 Å². The van der Waals surface area contributed by atoms with Gasteiger partial charge in [-0.25, -0.2) is 4.98 Å². The molecule has 0 fully saturated rings. The molecule has 2 heterocycles. The minimum Gasteiger partial charge on any atom is -0.485 e. The first-order valence-corrected chi connectivity index (χ1v) is 12.0. The zero-order chi connectivity index (χ0) is 20.9. The molecule has 0 unspecified atom stereocenters. The SMILES string of the molecule is CCn1c(COc2ccc3c(c2C)CCCC3)nnc1SCC(=O)Nc1nccs1. The third-order valence-electron chi connectivity index (χ3n) is 5.25. The molecule has 9 heteroatoms. The van der Waals surface area contributed by atoms with Crippen LogP contribution < -0.4 is 10.1 Å². The number of nitrogens with one attached hydrogen (secondary N) is 1. The molecule has 0 spiro atoms. The van der Waals surface area contributed by atoms with Gasteiger partial charge in [0.05, 0.1) is 5.75 Å². The number of fused-ring (bicyclic) bond motifs is 1. The van der Waals surface area contributed by atoms with E-state index >= 15 is 0 Å². The number of aryl methyl sites for hydroxylation is 1. The zero-order valence-electron chi connectivity index (χ0n) is 17.2. The number of thiazole rings is 1. The van der Waals surface area contributed by atoms with Gasteiger partial charge in [-0.2, -0.15) is 0 Å². The van der Waals surface area contributed by atoms with Crippen molar-refractivity contribution in [3.05, 3.63) is 46.2 Å². The topological polar surface area (TPSA) is 81.9 Å². The number of hydrogen-bond donors (Lipinski definition) is 1. The summed E-state index contributed by atoms with van der Waals surface area (Å²) in [7, 11) is 0. The lowest BCUT2D eigenvalue weighted by Gasteiger charge is -2.20. The van der Waals surface area contributed by atoms with Gasteiger partial charge in [-0.05, 0) is 62.3 Å². The van der Waals surface area contributed by atoms with Gasteiger partial charge in [-0.15, -0.1) is 21.5 Å². The Hall–Kier alpha value is -2.39. The summed E-state index contributed by atoms with van der Waals surface area (Å²) in [5, 5.41) is 14.5. The van der Waals surface area contributed by atoms with Crippen LogP contribution in [0.2, 0.25) is 0 Å². The molecular weight excluding hydrogens is 418 g/mol. The standard InChI is InChI=1S/C21H25N5O2S2/c1-3-26-18(12-28-17-9-8-15-6-4-5-7-16(15)14(17)2)24-25-21(26)30-13-19(27)23-20-22-10-11-29-20/h8-11H,3-7,12-13H2,1-2H3,(H,22,23,27). The predicted molar refractivity (Wildman–Crippen MR) is 119 cm³/mol. The second-order valence-electron chi connectivity index (χ2n) is 7.14. The van der Waals surface area contributed by atoms with Crippen molar-refractivity contribution in [3.63, 3.8) is 0 Å². The summed E-state index contributed by atoms with van der Waals surface area (Å²) in [6.07, 6.45) is 6.48. The smallest absolute Gasteiger partial charge is 0.236 e. The first-order valence-electron chi connectivity index (χ1n) is 10.1. The maximum absolute atomic E-state index is 12.1. The second kappa shape index (κ2) is 9.61. The molecule has 0 aliphatic heterocycles. The summed E-state index contributed by atoms with van der Waals surface area (Å²) in [5.74, 6) is 1.82. The molecule has 0 saturated carbocycles. The van der Waals surface area contributed by atoms with Crippen LogP contribution in [0.25, 0.3) is 0 Å². The summed E-state index contributed by atoms with van der Waals surface area (Å²) in [6.45, 7) is 5.25. The first kappa shape index (κ1) is 20.9. The molecule has 0 saturated heterocycles. The molecule has 0 atom stereocenters. The minimum atomic E-state index is -0.108. The average molecular weight is 444 g/mol. The number of carbonyl (C=O) groups excluding carboxylic acids is 1. The van der Waals surface area contributed by atoms with Crippen molar-refractivity contribution >= 4 is 34.1 Å². The fourth-order valence-corrected chi connectivity index (χ4v) is 5.08. The second-order valence-corrected chi connectivity index (χ2v) is 8.98. The largest absolute Gasteiger partial charge is 0.485 e. The number of benzene rings is 1. The van der Waals surface area contributed by atoms with Gasteiger partial charge in [-0.3, -0.25) is 4.79 Å². The third kappa shape index (κ3) is 4.67. The van der Waals surface area contributed by atoms with E-state index < -0.39 is 0 Å². The molecule has 3 aromatic rings. The molecule has 1 N–H and O–H groups in total. The van der Waals surface area contributed by atoms with E-state index in [0.717, 1.165) is 24.4 Å². The summed E-state index contributed by atoms with van der Waals surface area (Å²) >= 11 is 2.76. The van der Waals surface area contributed by atoms with Crippen LogP contribution in [0.1, 0.15) is 42.3 Å². The Balaban J connectivity index is 1.38. The van der Waals surface area contributed by atoms with E-state index in [1.54, 1.807) is 6.20 Å². The number of aromatic nitrogens is 4. The van der Waals surface area contributed by atoms with Crippen molar-refractivity contribution in [1.29, 1.82) is 0 Å². The number of hydrogen-bond acceptors (Lipinski definition) is 7. The van der Waals surface area contributed by atoms with Crippen molar-refractivity contribution < 1.29 is 9.53 Å². The van der Waals surface area contributed by atoms with Crippen LogP contribution in [0.5, 0.6) is 5.75 Å². The van der Waals surface area contributed by atoms with E-state index in [2.05, 4.69) is 39.6 Å². The lowest BCUT2D eigenvalue weighted by molar-refractivity contribution is -0.113. The number of thioether (sulfide) groups is 1. The Morgan fingerprint density at radius 2 is 2.17 bits per heavy atom. The number of amides is 1. The molecule has 0 radical (unpaired) electrons. The Kier molecular flexibility index (Phi) is 6.69. The predicted octanol–water partition coefficient (Wildman–Crippen LogP) is 4.25. The summed E-state index contributed by atoms with van der Waals surface area (Å²) in [5.41, 5.74) is 4.14. The molecule has 4 rings (SSSR count). The molecule has 1 aliphatic carbocycles. The van der Waals surface area contributed by atoms with Gasteiger partial charge in [0.25, 0.3) is 0 Å². The van der Waals surface area contributed by atoms with Crippen molar-refractivity contribution in [1.82, 2.24) is 19.7 Å². The fraction of sp³-hybridized carbons (Fsp3) is 0.429. The van der Waals surface area contributed by atoms with Crippen LogP contribution >= 0.6 is 23.1 Å². The molecule has 1 amide bonds. The first-order chi connectivity index (χ1) is 14.7. The van der Waals surface area contributed by atoms with Gasteiger partial charge in [0, 0.05) is 18.1 Å². The number of ether oxygens (including phenoxy) is 1. The number of carbonyl (C=O) groups is 1. The molecule has 1 aromatic carbocycles. The molecule has 30 heavy (non-hydrogen) atoms. The number of anilines is 1. The maximum Gasteiger partial charge on any atom is 0.236 e. The highest BCUT2D eigenvalue weighted by Gasteiger charge is 2.17. The average Bonchev–Trinajstić information content (AvgIpc) is 3.41. The van der Waals surface area contributed by atoms with Gasteiger partial charge in [0.1, 0.15) is 12.4 Å². The van der Waals surface area contributed by atoms with E-state index in [4.69, 9.17) is 4.74 Å². The van der Waals surface area contributed by atoms with E-state index in [1.807, 2.05) is 16.9 Å². The lowest BCUT2D eigenvalue weighted by atomic mass is 9.88. The van der Waals surface area contributed by atoms with E-state index in [1.165, 1.54) is 52.6 Å². The Morgan fingerprint density at radius 3 is 2.97 bits per heavy atom. The van der Waals surface area contributed by atoms with Gasteiger partial charge in [-0.1, -0.05) is 17.8 Å². The Bertz CT molecular complexity index is 1020. The van der Waals surface area contributed by atoms with Crippen LogP contribution in [-0.2, 0) is 30.8 Å². The van der Waals surface area contributed by atoms with Crippen molar-refractivity contribution in [2.75, 3.05) is 11.1 Å². The van der Waals surface area contributed by atoms with Crippen LogP contribution in [0.3, 0.4) is 0 Å². The third-order valence-corrected chi connectivity index (χ3v) is 6.90. The highest BCUT2D eigenvalue weighted by Crippen LogP contribution is 2.31. The van der Waals surface area contributed by atoms with Gasteiger partial charge in [0.15, 0.2) is 16.1 Å². The van der Waals surface area contributed by atoms with E-state index in [0.29, 0.717) is 23.4 Å². The van der Waals surface area contributed by atoms with Crippen molar-refractivity contribution in [2.45, 2.75) is 57.8 Å². The molecular formula is C21H25N5O2S2. The zero-order valence-corrected chi connectivity index (χ0v) is 18.8. The van der Waals surface area contributed by atoms with E-state index in [-0.39, 0.29) is 11.7 Å². The Morgan fingerprint density at radius 1 is 1.30 bits per heavy atom. The highest BCUT2D eigenvalue weighted by molar-refractivity contribution is 7.99. The monoisotopic (exact) mass is 443 g/mol. The van der Waals surface area contributed by atoms with Crippen LogP contribution in [0.15, 0.2) is 28.9 Å². The lowest BCUT2D eigenvalue weighted by Crippen LogP contribution is -2.14. The maximum atomic E-state index is 12.1. The van der Waals surface area contributed by atoms with Gasteiger partial charge in [0.2, 0.25) is 5.91 Å². The van der Waals surface area contributed by atoms with Crippen molar-refractivity contribution in [3.8, 4) is 5.75 Å². The fourth-order valence-electron chi connectivity index (χ4n) is 3.71. The van der Waals surface area contributed by atoms with Crippen molar-refractivity contribution in [2.24, 2.45) is 0 Å². The Labute approximate surface area is 184 Å². The molecule has 7 nitrogen and oxygen atoms in total. The van der Waals surface area contributed by atoms with Crippen LogP contribution in [0.4, 0.5) is 5.13 Å². The summed E-state index contributed by atoms with van der Waals surface area (Å²) < 4.78 is 8.12. The molecule has 0 bridgehead atoms. The minimum absolute atomic E-state index is 0.108. The highest BCUT2D eigenvalue weighted by atomic mass is 32.2. The summed E-state index contributed by atoms with van der Waals surface area (Å²) in [4.78, 5) is 16.2. The molecule has 158 valence electrons. The van der Waals surface area contributed by atoms with Gasteiger partial charge >= 0.3 is 0 Å².